The quantitative estimate of drug-likeness (QED) is 0.454. The molecule has 2 aromatic carbocycles. The lowest BCUT2D eigenvalue weighted by Crippen LogP contribution is -2.30. The van der Waals surface area contributed by atoms with Crippen LogP contribution >= 0.6 is 11.3 Å². The average molecular weight is 410 g/mol. The molecule has 0 atom stereocenters. The number of amides is 1. The Morgan fingerprint density at radius 2 is 1.93 bits per heavy atom. The van der Waals surface area contributed by atoms with Crippen LogP contribution in [0.25, 0.3) is 0 Å². The number of nitro groups is 1. The summed E-state index contributed by atoms with van der Waals surface area (Å²) >= 11 is 1.56. The van der Waals surface area contributed by atoms with E-state index in [0.29, 0.717) is 48.1 Å². The summed E-state index contributed by atoms with van der Waals surface area (Å²) in [4.78, 5) is 26.7. The van der Waals surface area contributed by atoms with Crippen LogP contribution in [-0.2, 0) is 6.54 Å². The zero-order chi connectivity index (χ0) is 20.4. The molecule has 148 valence electrons. The van der Waals surface area contributed by atoms with Gasteiger partial charge in [0.05, 0.1) is 11.5 Å². The van der Waals surface area contributed by atoms with E-state index in [-0.39, 0.29) is 11.6 Å². The fraction of sp³-hybridized carbons (Fsp3) is 0.190. The van der Waals surface area contributed by atoms with Gasteiger partial charge in [-0.1, -0.05) is 6.07 Å². The molecule has 1 aromatic heterocycles. The maximum Gasteiger partial charge on any atom is 0.272 e. The minimum absolute atomic E-state index is 0.00862. The molecule has 0 unspecified atom stereocenters. The second-order valence-corrected chi connectivity index (χ2v) is 7.59. The molecule has 8 heteroatoms. The Bertz CT molecular complexity index is 1060. The van der Waals surface area contributed by atoms with Gasteiger partial charge in [0.1, 0.15) is 13.2 Å². The molecule has 0 radical (unpaired) electrons. The smallest absolute Gasteiger partial charge is 0.272 e. The number of anilines is 1. The molecule has 1 aliphatic rings. The monoisotopic (exact) mass is 410 g/mol. The van der Waals surface area contributed by atoms with Crippen LogP contribution in [0.3, 0.4) is 0 Å². The second kappa shape index (κ2) is 7.92. The zero-order valence-corrected chi connectivity index (χ0v) is 16.5. The van der Waals surface area contributed by atoms with Gasteiger partial charge in [0.15, 0.2) is 11.5 Å². The largest absolute Gasteiger partial charge is 0.486 e. The standard InChI is InChI=1S/C21H18N2O5S/c1-14-11-15(4-6-18(14)23(25)26)21(24)22(13-17-3-2-10-29-17)16-5-7-19-20(12-16)28-9-8-27-19/h2-7,10-12H,8-9,13H2,1H3. The molecular weight excluding hydrogens is 392 g/mol. The predicted molar refractivity (Wildman–Crippen MR) is 110 cm³/mol. The Morgan fingerprint density at radius 3 is 2.62 bits per heavy atom. The molecule has 0 bridgehead atoms. The number of aryl methyl sites for hydroxylation is 1. The van der Waals surface area contributed by atoms with Crippen LogP contribution in [0.2, 0.25) is 0 Å². The number of hydrogen-bond acceptors (Lipinski definition) is 6. The summed E-state index contributed by atoms with van der Waals surface area (Å²) in [6.45, 7) is 2.96. The number of carbonyl (C=O) groups excluding carboxylic acids is 1. The number of thiophene rings is 1. The molecule has 0 fully saturated rings. The number of nitrogens with zero attached hydrogens (tertiary/aromatic N) is 2. The van der Waals surface area contributed by atoms with Gasteiger partial charge in [-0.15, -0.1) is 11.3 Å². The Labute approximate surface area is 171 Å². The van der Waals surface area contributed by atoms with Crippen molar-refractivity contribution in [3.05, 3.63) is 80.0 Å². The molecule has 0 saturated heterocycles. The van der Waals surface area contributed by atoms with Crippen molar-refractivity contribution >= 4 is 28.6 Å². The fourth-order valence-corrected chi connectivity index (χ4v) is 3.88. The van der Waals surface area contributed by atoms with Crippen molar-refractivity contribution in [3.63, 3.8) is 0 Å². The van der Waals surface area contributed by atoms with Gasteiger partial charge in [0.25, 0.3) is 11.6 Å². The van der Waals surface area contributed by atoms with E-state index in [2.05, 4.69) is 0 Å². The first-order valence-corrected chi connectivity index (χ1v) is 9.90. The van der Waals surface area contributed by atoms with E-state index in [1.165, 1.54) is 12.1 Å². The van der Waals surface area contributed by atoms with Crippen LogP contribution in [0.4, 0.5) is 11.4 Å². The van der Waals surface area contributed by atoms with E-state index >= 15 is 0 Å². The van der Waals surface area contributed by atoms with Gasteiger partial charge >= 0.3 is 0 Å². The molecule has 1 aliphatic heterocycles. The van der Waals surface area contributed by atoms with Crippen molar-refractivity contribution in [2.24, 2.45) is 0 Å². The molecule has 2 heterocycles. The number of rotatable bonds is 5. The summed E-state index contributed by atoms with van der Waals surface area (Å²) < 4.78 is 11.2. The van der Waals surface area contributed by atoms with Gasteiger partial charge < -0.3 is 14.4 Å². The number of ether oxygens (including phenoxy) is 2. The van der Waals surface area contributed by atoms with Crippen LogP contribution < -0.4 is 14.4 Å². The molecule has 29 heavy (non-hydrogen) atoms. The van der Waals surface area contributed by atoms with E-state index in [0.717, 1.165) is 4.88 Å². The molecule has 0 spiro atoms. The van der Waals surface area contributed by atoms with Crippen LogP contribution in [0.5, 0.6) is 11.5 Å². The topological polar surface area (TPSA) is 81.9 Å². The van der Waals surface area contributed by atoms with Crippen molar-refractivity contribution in [2.45, 2.75) is 13.5 Å². The third kappa shape index (κ3) is 3.93. The lowest BCUT2D eigenvalue weighted by molar-refractivity contribution is -0.385. The SMILES string of the molecule is Cc1cc(C(=O)N(Cc2cccs2)c2ccc3c(c2)OCCO3)ccc1[N+](=O)[O-]. The Balaban J connectivity index is 1.71. The highest BCUT2D eigenvalue weighted by atomic mass is 32.1. The van der Waals surface area contributed by atoms with Gasteiger partial charge in [0.2, 0.25) is 0 Å². The van der Waals surface area contributed by atoms with E-state index in [1.54, 1.807) is 41.4 Å². The number of carbonyl (C=O) groups is 1. The summed E-state index contributed by atoms with van der Waals surface area (Å²) in [5, 5.41) is 13.0. The number of nitro benzene ring substituents is 1. The summed E-state index contributed by atoms with van der Waals surface area (Å²) in [6.07, 6.45) is 0. The van der Waals surface area contributed by atoms with Crippen LogP contribution in [0, 0.1) is 17.0 Å². The van der Waals surface area contributed by atoms with Crippen LogP contribution in [0.1, 0.15) is 20.8 Å². The predicted octanol–water partition coefficient (Wildman–Crippen LogP) is 4.58. The minimum Gasteiger partial charge on any atom is -0.486 e. The van der Waals surface area contributed by atoms with Crippen molar-refractivity contribution < 1.29 is 19.2 Å². The van der Waals surface area contributed by atoms with E-state index in [1.807, 2.05) is 23.6 Å². The summed E-state index contributed by atoms with van der Waals surface area (Å²) in [5.41, 5.74) is 1.49. The third-order valence-corrected chi connectivity index (χ3v) is 5.48. The van der Waals surface area contributed by atoms with Crippen molar-refractivity contribution in [1.29, 1.82) is 0 Å². The van der Waals surface area contributed by atoms with Gasteiger partial charge in [-0.25, -0.2) is 0 Å². The van der Waals surface area contributed by atoms with Crippen LogP contribution in [-0.4, -0.2) is 24.0 Å². The molecule has 4 rings (SSSR count). The highest BCUT2D eigenvalue weighted by Gasteiger charge is 2.23. The summed E-state index contributed by atoms with van der Waals surface area (Å²) in [5.74, 6) is 1.00. The van der Waals surface area contributed by atoms with E-state index in [4.69, 9.17) is 9.47 Å². The Hall–Kier alpha value is -3.39. The Kier molecular flexibility index (Phi) is 5.18. The first kappa shape index (κ1) is 18.9. The first-order valence-electron chi connectivity index (χ1n) is 9.02. The van der Waals surface area contributed by atoms with Gasteiger partial charge in [-0.2, -0.15) is 0 Å². The van der Waals surface area contributed by atoms with E-state index in [9.17, 15) is 14.9 Å². The lowest BCUT2D eigenvalue weighted by atomic mass is 10.1. The maximum atomic E-state index is 13.4. The lowest BCUT2D eigenvalue weighted by Gasteiger charge is -2.25. The maximum absolute atomic E-state index is 13.4. The van der Waals surface area contributed by atoms with Crippen molar-refractivity contribution in [1.82, 2.24) is 0 Å². The van der Waals surface area contributed by atoms with Crippen molar-refractivity contribution in [3.8, 4) is 11.5 Å². The minimum atomic E-state index is -0.451. The highest BCUT2D eigenvalue weighted by molar-refractivity contribution is 7.09. The first-order chi connectivity index (χ1) is 14.0. The number of hydrogen-bond donors (Lipinski definition) is 0. The number of benzene rings is 2. The zero-order valence-electron chi connectivity index (χ0n) is 15.7. The van der Waals surface area contributed by atoms with Gasteiger partial charge in [-0.3, -0.25) is 14.9 Å². The average Bonchev–Trinajstić information content (AvgIpc) is 3.24. The second-order valence-electron chi connectivity index (χ2n) is 6.56. The normalized spacial score (nSPS) is 12.4. The summed E-state index contributed by atoms with van der Waals surface area (Å²) in [6, 6.07) is 13.7. The highest BCUT2D eigenvalue weighted by Crippen LogP contribution is 2.35. The van der Waals surface area contributed by atoms with E-state index < -0.39 is 4.92 Å². The molecule has 0 saturated carbocycles. The summed E-state index contributed by atoms with van der Waals surface area (Å²) in [7, 11) is 0. The molecule has 7 nitrogen and oxygen atoms in total. The molecular formula is C21H18N2O5S. The van der Waals surface area contributed by atoms with Gasteiger partial charge in [0, 0.05) is 33.8 Å². The molecule has 3 aromatic rings. The number of fused-ring (bicyclic) bond motifs is 1. The fourth-order valence-electron chi connectivity index (χ4n) is 3.19. The molecule has 0 N–H and O–H groups in total. The van der Waals surface area contributed by atoms with Crippen molar-refractivity contribution in [2.75, 3.05) is 18.1 Å². The third-order valence-electron chi connectivity index (χ3n) is 4.62. The van der Waals surface area contributed by atoms with Gasteiger partial charge in [-0.05, 0) is 42.6 Å². The molecule has 0 aliphatic carbocycles. The Morgan fingerprint density at radius 1 is 1.14 bits per heavy atom. The van der Waals surface area contributed by atoms with Crippen LogP contribution in [0.15, 0.2) is 53.9 Å². The molecule has 1 amide bonds.